The summed E-state index contributed by atoms with van der Waals surface area (Å²) in [5.74, 6) is -0.598. The number of carbonyl (C=O) groups is 3. The van der Waals surface area contributed by atoms with Gasteiger partial charge in [-0.25, -0.2) is 4.79 Å². The van der Waals surface area contributed by atoms with E-state index in [0.29, 0.717) is 17.8 Å². The highest BCUT2D eigenvalue weighted by Crippen LogP contribution is 2.29. The smallest absolute Gasteiger partial charge is 0.493 e. The molecule has 14 heteroatoms. The first kappa shape index (κ1) is 30.3. The van der Waals surface area contributed by atoms with Gasteiger partial charge in [-0.05, 0) is 54.9 Å². The Bertz CT molecular complexity index is 1430. The second-order valence-corrected chi connectivity index (χ2v) is 8.37. The zero-order valence-corrected chi connectivity index (χ0v) is 22.2. The SMILES string of the molecule is COc1cc(/C=C/C(=O)Nc2ccccc2C(=O)NCCNB(C)O)ccc1OC(=O)Oc1ccc([N+](=O)[O-])cc1. The van der Waals surface area contributed by atoms with Crippen molar-refractivity contribution in [2.45, 2.75) is 6.82 Å². The molecular weight excluding hydrogens is 535 g/mol. The number of non-ortho nitro benzene ring substituents is 1. The van der Waals surface area contributed by atoms with Crippen LogP contribution in [0.3, 0.4) is 0 Å². The van der Waals surface area contributed by atoms with Crippen LogP contribution >= 0.6 is 0 Å². The van der Waals surface area contributed by atoms with Crippen molar-refractivity contribution in [3.63, 3.8) is 0 Å². The molecular formula is C27H27BN4O9. The van der Waals surface area contributed by atoms with Crippen LogP contribution in [0.1, 0.15) is 15.9 Å². The molecule has 4 N–H and O–H groups in total. The number of amides is 2. The summed E-state index contributed by atoms with van der Waals surface area (Å²) in [5, 5.41) is 28.1. The van der Waals surface area contributed by atoms with Gasteiger partial charge in [0.15, 0.2) is 11.5 Å². The van der Waals surface area contributed by atoms with Gasteiger partial charge in [-0.3, -0.25) is 19.7 Å². The fourth-order valence-corrected chi connectivity index (χ4v) is 3.40. The molecule has 212 valence electrons. The van der Waals surface area contributed by atoms with Crippen LogP contribution in [-0.4, -0.2) is 55.2 Å². The number of nitrogens with zero attached hydrogens (tertiary/aromatic N) is 1. The Kier molecular flexibility index (Phi) is 11.0. The second-order valence-electron chi connectivity index (χ2n) is 8.37. The molecule has 13 nitrogen and oxygen atoms in total. The summed E-state index contributed by atoms with van der Waals surface area (Å²) >= 11 is 0. The van der Waals surface area contributed by atoms with E-state index in [1.54, 1.807) is 37.2 Å². The maximum absolute atomic E-state index is 12.6. The van der Waals surface area contributed by atoms with Crippen LogP contribution in [0.5, 0.6) is 17.2 Å². The minimum absolute atomic E-state index is 0.0459. The summed E-state index contributed by atoms with van der Waals surface area (Å²) in [6, 6.07) is 16.0. The number of methoxy groups -OCH3 is 1. The first-order valence-corrected chi connectivity index (χ1v) is 12.3. The number of nitro groups is 1. The van der Waals surface area contributed by atoms with Crippen LogP contribution in [0.4, 0.5) is 16.2 Å². The molecule has 0 radical (unpaired) electrons. The van der Waals surface area contributed by atoms with Crippen molar-refractivity contribution in [3.8, 4) is 17.2 Å². The summed E-state index contributed by atoms with van der Waals surface area (Å²) in [7, 11) is 0.673. The van der Waals surface area contributed by atoms with Crippen LogP contribution in [0.15, 0.2) is 72.8 Å². The summed E-state index contributed by atoms with van der Waals surface area (Å²) < 4.78 is 15.5. The zero-order valence-electron chi connectivity index (χ0n) is 22.2. The quantitative estimate of drug-likeness (QED) is 0.0487. The van der Waals surface area contributed by atoms with Gasteiger partial charge >= 0.3 is 13.2 Å². The first-order chi connectivity index (χ1) is 19.7. The lowest BCUT2D eigenvalue weighted by Gasteiger charge is -2.11. The lowest BCUT2D eigenvalue weighted by molar-refractivity contribution is -0.384. The van der Waals surface area contributed by atoms with Crippen molar-refractivity contribution >= 4 is 42.5 Å². The Labute approximate surface area is 235 Å². The standard InChI is InChI=1S/C27H27BN4O9/c1-28(36)30-16-15-29-26(34)21-5-3-4-6-22(21)31-25(33)14-8-18-7-13-23(24(17-18)39-2)41-27(35)40-20-11-9-19(10-12-20)32(37)38/h3-14,17,30,36H,15-16H2,1-2H3,(H,29,34)(H,31,33)/b14-8+. The normalized spacial score (nSPS) is 10.5. The average Bonchev–Trinajstić information content (AvgIpc) is 2.95. The van der Waals surface area contributed by atoms with Gasteiger partial charge in [-0.15, -0.1) is 0 Å². The number of ether oxygens (including phenoxy) is 3. The monoisotopic (exact) mass is 562 g/mol. The van der Waals surface area contributed by atoms with E-state index < -0.39 is 24.0 Å². The number of carbonyl (C=O) groups excluding carboxylic acids is 3. The molecule has 0 saturated heterocycles. The summed E-state index contributed by atoms with van der Waals surface area (Å²) in [6.07, 6.45) is 1.68. The Morgan fingerprint density at radius 1 is 1.00 bits per heavy atom. The summed E-state index contributed by atoms with van der Waals surface area (Å²) in [4.78, 5) is 47.5. The number of benzene rings is 3. The van der Waals surface area contributed by atoms with Gasteiger partial charge < -0.3 is 35.1 Å². The second kappa shape index (κ2) is 14.8. The molecule has 0 saturated carbocycles. The van der Waals surface area contributed by atoms with Gasteiger partial charge in [0.1, 0.15) is 5.75 Å². The fraction of sp³-hybridized carbons (Fsp3) is 0.148. The van der Waals surface area contributed by atoms with Crippen LogP contribution in [0, 0.1) is 10.1 Å². The lowest BCUT2D eigenvalue weighted by atomic mass is 9.89. The maximum Gasteiger partial charge on any atom is 0.519 e. The van der Waals surface area contributed by atoms with E-state index in [1.165, 1.54) is 55.7 Å². The molecule has 0 heterocycles. The highest BCUT2D eigenvalue weighted by molar-refractivity contribution is 6.45. The minimum atomic E-state index is -1.08. The van der Waals surface area contributed by atoms with E-state index in [-0.39, 0.29) is 41.0 Å². The highest BCUT2D eigenvalue weighted by atomic mass is 16.7. The Balaban J connectivity index is 1.60. The molecule has 3 rings (SSSR count). The minimum Gasteiger partial charge on any atom is -0.493 e. The van der Waals surface area contributed by atoms with Crippen molar-refractivity contribution < 1.29 is 38.5 Å². The molecule has 0 fully saturated rings. The topological polar surface area (TPSA) is 178 Å². The van der Waals surface area contributed by atoms with Crippen molar-refractivity contribution in [1.29, 1.82) is 0 Å². The number of anilines is 1. The maximum atomic E-state index is 12.6. The molecule has 0 aromatic heterocycles. The predicted molar refractivity (Wildman–Crippen MR) is 151 cm³/mol. The third-order valence-corrected chi connectivity index (χ3v) is 5.34. The van der Waals surface area contributed by atoms with E-state index in [9.17, 15) is 29.5 Å². The molecule has 0 spiro atoms. The molecule has 0 bridgehead atoms. The third kappa shape index (κ3) is 9.49. The largest absolute Gasteiger partial charge is 0.519 e. The van der Waals surface area contributed by atoms with Gasteiger partial charge in [-0.2, -0.15) is 0 Å². The van der Waals surface area contributed by atoms with Crippen molar-refractivity contribution in [2.24, 2.45) is 0 Å². The Morgan fingerprint density at radius 2 is 1.73 bits per heavy atom. The molecule has 0 aliphatic heterocycles. The molecule has 3 aromatic rings. The predicted octanol–water partition coefficient (Wildman–Crippen LogP) is 3.26. The van der Waals surface area contributed by atoms with E-state index >= 15 is 0 Å². The van der Waals surface area contributed by atoms with Crippen LogP contribution in [-0.2, 0) is 4.79 Å². The first-order valence-electron chi connectivity index (χ1n) is 12.3. The summed E-state index contributed by atoms with van der Waals surface area (Å²) in [5.41, 5.74) is 0.980. The lowest BCUT2D eigenvalue weighted by Crippen LogP contribution is -2.38. The van der Waals surface area contributed by atoms with E-state index in [4.69, 9.17) is 14.2 Å². The Morgan fingerprint density at radius 3 is 2.41 bits per heavy atom. The molecule has 3 aromatic carbocycles. The van der Waals surface area contributed by atoms with Crippen LogP contribution in [0.25, 0.3) is 6.08 Å². The van der Waals surface area contributed by atoms with Crippen molar-refractivity contribution in [2.75, 3.05) is 25.5 Å². The fourth-order valence-electron chi connectivity index (χ4n) is 3.40. The van der Waals surface area contributed by atoms with Crippen molar-refractivity contribution in [1.82, 2.24) is 10.5 Å². The van der Waals surface area contributed by atoms with Gasteiger partial charge in [0.25, 0.3) is 11.6 Å². The molecule has 0 atom stereocenters. The zero-order chi connectivity index (χ0) is 29.8. The van der Waals surface area contributed by atoms with E-state index in [0.717, 1.165) is 0 Å². The third-order valence-electron chi connectivity index (χ3n) is 5.34. The number of nitrogens with one attached hydrogen (secondary N) is 3. The summed E-state index contributed by atoms with van der Waals surface area (Å²) in [6.45, 7) is 2.22. The number of hydrogen-bond acceptors (Lipinski definition) is 10. The number of para-hydroxylation sites is 1. The highest BCUT2D eigenvalue weighted by Gasteiger charge is 2.15. The van der Waals surface area contributed by atoms with Crippen molar-refractivity contribution in [3.05, 3.63) is 94.0 Å². The molecule has 0 aliphatic carbocycles. The number of rotatable bonds is 12. The van der Waals surface area contributed by atoms with Gasteiger partial charge in [0.2, 0.25) is 5.91 Å². The number of hydrogen-bond donors (Lipinski definition) is 4. The van der Waals surface area contributed by atoms with E-state index in [1.807, 2.05) is 0 Å². The Hall–Kier alpha value is -5.21. The van der Waals surface area contributed by atoms with Crippen LogP contribution < -0.4 is 30.1 Å². The molecule has 2 amide bonds. The van der Waals surface area contributed by atoms with E-state index in [2.05, 4.69) is 15.9 Å². The van der Waals surface area contributed by atoms with Crippen LogP contribution in [0.2, 0.25) is 6.82 Å². The average molecular weight is 562 g/mol. The molecule has 41 heavy (non-hydrogen) atoms. The number of nitro benzene ring substituents is 1. The van der Waals surface area contributed by atoms with Gasteiger partial charge in [0, 0.05) is 31.3 Å². The molecule has 0 unspecified atom stereocenters. The molecule has 0 aliphatic rings. The van der Waals surface area contributed by atoms with Gasteiger partial charge in [-0.1, -0.05) is 18.2 Å². The van der Waals surface area contributed by atoms with Gasteiger partial charge in [0.05, 0.1) is 23.3 Å².